The van der Waals surface area contributed by atoms with E-state index in [1.165, 1.54) is 6.07 Å². The van der Waals surface area contributed by atoms with Gasteiger partial charge >= 0.3 is 0 Å². The lowest BCUT2D eigenvalue weighted by atomic mass is 10.1. The molecule has 0 fully saturated rings. The summed E-state index contributed by atoms with van der Waals surface area (Å²) < 4.78 is 28.0. The molecule has 0 unspecified atom stereocenters. The second kappa shape index (κ2) is 9.32. The molecule has 0 aliphatic heterocycles. The molecule has 9 heteroatoms. The second-order valence-corrected chi connectivity index (χ2v) is 9.08. The Kier molecular flexibility index (Phi) is 6.79. The third-order valence-electron chi connectivity index (χ3n) is 4.62. The standard InChI is InChI=1S/C21H23ClN4O3S/c1-3-19(26(30(2,28)29)18-9-6-8-17(22)13-18)21(27)24-14-16-7-4-5-10-20(16)25-12-11-23-15-25/h4-13,15,19H,3,14H2,1-2H3,(H,24,27)/t19-/m0/s1. The highest BCUT2D eigenvalue weighted by molar-refractivity contribution is 7.92. The summed E-state index contributed by atoms with van der Waals surface area (Å²) in [7, 11) is -3.72. The number of carbonyl (C=O) groups is 1. The molecule has 158 valence electrons. The number of para-hydroxylation sites is 1. The van der Waals surface area contributed by atoms with Crippen molar-refractivity contribution in [1.82, 2.24) is 14.9 Å². The molecule has 1 aromatic heterocycles. The van der Waals surface area contributed by atoms with Crippen LogP contribution in [0.3, 0.4) is 0 Å². The fraction of sp³-hybridized carbons (Fsp3) is 0.238. The van der Waals surface area contributed by atoms with Crippen LogP contribution in [0.25, 0.3) is 5.69 Å². The number of amides is 1. The molecule has 3 rings (SSSR count). The zero-order valence-electron chi connectivity index (χ0n) is 16.7. The van der Waals surface area contributed by atoms with E-state index in [0.29, 0.717) is 17.1 Å². The molecule has 0 bridgehead atoms. The highest BCUT2D eigenvalue weighted by Gasteiger charge is 2.31. The first-order valence-corrected chi connectivity index (χ1v) is 11.6. The maximum Gasteiger partial charge on any atom is 0.244 e. The summed E-state index contributed by atoms with van der Waals surface area (Å²) in [6.45, 7) is 2.02. The van der Waals surface area contributed by atoms with Crippen LogP contribution in [-0.2, 0) is 21.4 Å². The zero-order chi connectivity index (χ0) is 21.7. The molecular weight excluding hydrogens is 424 g/mol. The summed E-state index contributed by atoms with van der Waals surface area (Å²) in [5, 5.41) is 3.27. The zero-order valence-corrected chi connectivity index (χ0v) is 18.3. The first-order valence-electron chi connectivity index (χ1n) is 9.40. The van der Waals surface area contributed by atoms with Crippen molar-refractivity contribution in [2.24, 2.45) is 0 Å². The van der Waals surface area contributed by atoms with Crippen LogP contribution in [0.1, 0.15) is 18.9 Å². The van der Waals surface area contributed by atoms with Crippen LogP contribution in [0, 0.1) is 0 Å². The van der Waals surface area contributed by atoms with Crippen molar-refractivity contribution in [3.63, 3.8) is 0 Å². The Morgan fingerprint density at radius 2 is 2.00 bits per heavy atom. The molecule has 0 aliphatic carbocycles. The normalized spacial score (nSPS) is 12.4. The van der Waals surface area contributed by atoms with Crippen molar-refractivity contribution < 1.29 is 13.2 Å². The Morgan fingerprint density at radius 3 is 2.63 bits per heavy atom. The van der Waals surface area contributed by atoms with Gasteiger partial charge in [-0.1, -0.05) is 42.8 Å². The SMILES string of the molecule is CC[C@@H](C(=O)NCc1ccccc1-n1ccnc1)N(c1cccc(Cl)c1)S(C)(=O)=O. The number of halogens is 1. The van der Waals surface area contributed by atoms with Crippen molar-refractivity contribution in [1.29, 1.82) is 0 Å². The first kappa shape index (κ1) is 21.9. The van der Waals surface area contributed by atoms with Crippen molar-refractivity contribution in [2.75, 3.05) is 10.6 Å². The minimum atomic E-state index is -3.72. The smallest absolute Gasteiger partial charge is 0.244 e. The number of rotatable bonds is 8. The molecule has 0 radical (unpaired) electrons. The van der Waals surface area contributed by atoms with Gasteiger partial charge in [0.15, 0.2) is 0 Å². The second-order valence-electron chi connectivity index (χ2n) is 6.78. The van der Waals surface area contributed by atoms with E-state index in [0.717, 1.165) is 21.8 Å². The Hall–Kier alpha value is -2.84. The van der Waals surface area contributed by atoms with Crippen LogP contribution in [0.2, 0.25) is 5.02 Å². The number of hydrogen-bond acceptors (Lipinski definition) is 4. The van der Waals surface area contributed by atoms with E-state index in [2.05, 4.69) is 10.3 Å². The average Bonchev–Trinajstić information content (AvgIpc) is 3.24. The van der Waals surface area contributed by atoms with Gasteiger partial charge in [-0.05, 0) is 36.2 Å². The molecule has 7 nitrogen and oxygen atoms in total. The Balaban J connectivity index is 1.84. The van der Waals surface area contributed by atoms with Gasteiger partial charge in [-0.15, -0.1) is 0 Å². The number of carbonyl (C=O) groups excluding carboxylic acids is 1. The summed E-state index contributed by atoms with van der Waals surface area (Å²) in [5.74, 6) is -0.386. The number of hydrogen-bond donors (Lipinski definition) is 1. The minimum Gasteiger partial charge on any atom is -0.350 e. The van der Waals surface area contributed by atoms with E-state index in [9.17, 15) is 13.2 Å². The van der Waals surface area contributed by atoms with Gasteiger partial charge in [0.25, 0.3) is 0 Å². The summed E-state index contributed by atoms with van der Waals surface area (Å²) >= 11 is 6.04. The van der Waals surface area contributed by atoms with Crippen LogP contribution in [0.5, 0.6) is 0 Å². The van der Waals surface area contributed by atoms with E-state index in [4.69, 9.17) is 11.6 Å². The maximum absolute atomic E-state index is 13.0. The highest BCUT2D eigenvalue weighted by atomic mass is 35.5. The van der Waals surface area contributed by atoms with Crippen LogP contribution < -0.4 is 9.62 Å². The van der Waals surface area contributed by atoms with Crippen LogP contribution in [0.4, 0.5) is 5.69 Å². The topological polar surface area (TPSA) is 84.3 Å². The number of nitrogens with one attached hydrogen (secondary N) is 1. The molecule has 0 saturated heterocycles. The Labute approximate surface area is 181 Å². The van der Waals surface area contributed by atoms with E-state index >= 15 is 0 Å². The summed E-state index contributed by atoms with van der Waals surface area (Å²) in [6.07, 6.45) is 6.56. The monoisotopic (exact) mass is 446 g/mol. The molecule has 30 heavy (non-hydrogen) atoms. The molecule has 2 aromatic carbocycles. The number of benzene rings is 2. The van der Waals surface area contributed by atoms with Gasteiger partial charge in [0.2, 0.25) is 15.9 Å². The van der Waals surface area contributed by atoms with Gasteiger partial charge in [0.05, 0.1) is 24.0 Å². The molecule has 0 spiro atoms. The lowest BCUT2D eigenvalue weighted by Gasteiger charge is -2.30. The van der Waals surface area contributed by atoms with Gasteiger partial charge in [-0.2, -0.15) is 0 Å². The predicted octanol–water partition coefficient (Wildman–Crippen LogP) is 3.39. The number of sulfonamides is 1. The van der Waals surface area contributed by atoms with Crippen LogP contribution >= 0.6 is 11.6 Å². The molecule has 0 saturated carbocycles. The third kappa shape index (κ3) is 5.01. The summed E-state index contributed by atoms with van der Waals surface area (Å²) in [6, 6.07) is 13.2. The number of nitrogens with zero attached hydrogens (tertiary/aromatic N) is 3. The van der Waals surface area contributed by atoms with Crippen molar-refractivity contribution >= 4 is 33.2 Å². The first-order chi connectivity index (χ1) is 14.3. The van der Waals surface area contributed by atoms with E-state index in [-0.39, 0.29) is 12.5 Å². The van der Waals surface area contributed by atoms with E-state index < -0.39 is 16.1 Å². The largest absolute Gasteiger partial charge is 0.350 e. The van der Waals surface area contributed by atoms with Gasteiger partial charge < -0.3 is 9.88 Å². The maximum atomic E-state index is 13.0. The lowest BCUT2D eigenvalue weighted by molar-refractivity contribution is -0.122. The van der Waals surface area contributed by atoms with Crippen molar-refractivity contribution in [2.45, 2.75) is 25.9 Å². The van der Waals surface area contributed by atoms with Crippen molar-refractivity contribution in [3.05, 3.63) is 77.8 Å². The molecular formula is C21H23ClN4O3S. The third-order valence-corrected chi connectivity index (χ3v) is 6.03. The number of imidazole rings is 1. The van der Waals surface area contributed by atoms with Crippen LogP contribution in [0.15, 0.2) is 67.3 Å². The quantitative estimate of drug-likeness (QED) is 0.574. The van der Waals surface area contributed by atoms with E-state index in [1.807, 2.05) is 35.0 Å². The van der Waals surface area contributed by atoms with Gasteiger partial charge in [-0.3, -0.25) is 9.10 Å². The molecule has 1 atom stereocenters. The van der Waals surface area contributed by atoms with Gasteiger partial charge in [0, 0.05) is 24.0 Å². The Morgan fingerprint density at radius 1 is 1.23 bits per heavy atom. The number of anilines is 1. The molecule has 0 aliphatic rings. The Bertz CT molecular complexity index is 1120. The number of aromatic nitrogens is 2. The van der Waals surface area contributed by atoms with Crippen molar-refractivity contribution in [3.8, 4) is 5.69 Å². The van der Waals surface area contributed by atoms with Gasteiger partial charge in [0.1, 0.15) is 6.04 Å². The molecule has 3 aromatic rings. The summed E-state index contributed by atoms with van der Waals surface area (Å²) in [4.78, 5) is 17.1. The molecule has 1 amide bonds. The highest BCUT2D eigenvalue weighted by Crippen LogP contribution is 2.25. The van der Waals surface area contributed by atoms with Crippen LogP contribution in [-0.4, -0.2) is 36.2 Å². The fourth-order valence-corrected chi connectivity index (χ4v) is 4.68. The lowest BCUT2D eigenvalue weighted by Crippen LogP contribution is -2.49. The van der Waals surface area contributed by atoms with E-state index in [1.54, 1.807) is 37.6 Å². The summed E-state index contributed by atoms with van der Waals surface area (Å²) in [5.41, 5.74) is 2.12. The average molecular weight is 447 g/mol. The molecule has 1 N–H and O–H groups in total. The van der Waals surface area contributed by atoms with Gasteiger partial charge in [-0.25, -0.2) is 13.4 Å². The molecule has 1 heterocycles. The minimum absolute atomic E-state index is 0.247. The fourth-order valence-electron chi connectivity index (χ4n) is 3.29. The predicted molar refractivity (Wildman–Crippen MR) is 118 cm³/mol.